The van der Waals surface area contributed by atoms with Crippen LogP contribution < -0.4 is 14.8 Å². The van der Waals surface area contributed by atoms with Gasteiger partial charge in [-0.15, -0.1) is 0 Å². The van der Waals surface area contributed by atoms with Crippen molar-refractivity contribution in [3.63, 3.8) is 0 Å². The molecule has 1 fully saturated rings. The molecule has 1 saturated heterocycles. The summed E-state index contributed by atoms with van der Waals surface area (Å²) in [5, 5.41) is 23.2. The van der Waals surface area contributed by atoms with Gasteiger partial charge in [0, 0.05) is 13.1 Å². The Morgan fingerprint density at radius 3 is 2.28 bits per heavy atom. The highest BCUT2D eigenvalue weighted by atomic mass is 32.2. The molecule has 2 aromatic carbocycles. The monoisotopic (exact) mass is 464 g/mol. The molecule has 0 aliphatic carbocycles. The molecular weight excluding hydrogens is 436 g/mol. The van der Waals surface area contributed by atoms with Gasteiger partial charge in [-0.1, -0.05) is 29.8 Å². The van der Waals surface area contributed by atoms with Gasteiger partial charge in [-0.25, -0.2) is 13.1 Å². The van der Waals surface area contributed by atoms with Crippen LogP contribution in [0.5, 0.6) is 5.75 Å². The molecule has 0 radical (unpaired) electrons. The van der Waals surface area contributed by atoms with Crippen molar-refractivity contribution in [1.82, 2.24) is 10.0 Å². The number of nitrogens with one attached hydrogen (secondary N) is 2. The molecule has 0 saturated carbocycles. The van der Waals surface area contributed by atoms with E-state index in [1.165, 1.54) is 12.1 Å². The zero-order valence-corrected chi connectivity index (χ0v) is 18.7. The third kappa shape index (κ3) is 6.05. The van der Waals surface area contributed by atoms with E-state index < -0.39 is 34.4 Å². The number of benzene rings is 2. The molecule has 0 unspecified atom stereocenters. The van der Waals surface area contributed by atoms with Gasteiger partial charge in [-0.2, -0.15) is 0 Å². The van der Waals surface area contributed by atoms with E-state index in [0.29, 0.717) is 5.75 Å². The summed E-state index contributed by atoms with van der Waals surface area (Å²) in [6, 6.07) is 13.5. The summed E-state index contributed by atoms with van der Waals surface area (Å²) in [6.07, 6.45) is -4.74. The average molecular weight is 465 g/mol. The van der Waals surface area contributed by atoms with Crippen LogP contribution in [-0.2, 0) is 26.1 Å². The zero-order valence-electron chi connectivity index (χ0n) is 17.9. The van der Waals surface area contributed by atoms with E-state index in [1.54, 1.807) is 31.4 Å². The standard InChI is InChI=1S/C22H28N2O7S/c1-14-3-9-17(10-4-14)32(28,29)24-13-19-22(27)21(26)18(31-19)11-20(25)23-12-15-5-7-16(30-2)8-6-15/h3-10,18-19,21-22,24,26-27H,11-13H2,1-2H3,(H,23,25)/t18-,19-,21-,22+/m0/s1. The second-order valence-electron chi connectivity index (χ2n) is 7.69. The minimum Gasteiger partial charge on any atom is -0.497 e. The van der Waals surface area contributed by atoms with Crippen molar-refractivity contribution in [3.05, 3.63) is 59.7 Å². The molecule has 1 aliphatic heterocycles. The normalized spacial score (nSPS) is 23.1. The molecule has 10 heteroatoms. The fourth-order valence-electron chi connectivity index (χ4n) is 3.35. The first kappa shape index (κ1) is 24.1. The van der Waals surface area contributed by atoms with Crippen molar-refractivity contribution in [2.45, 2.75) is 49.2 Å². The molecule has 4 atom stereocenters. The minimum absolute atomic E-state index is 0.0885. The molecule has 3 rings (SSSR count). The van der Waals surface area contributed by atoms with Crippen LogP contribution in [0.4, 0.5) is 0 Å². The van der Waals surface area contributed by atoms with Crippen molar-refractivity contribution in [1.29, 1.82) is 0 Å². The molecule has 0 aromatic heterocycles. The smallest absolute Gasteiger partial charge is 0.240 e. The van der Waals surface area contributed by atoms with Crippen LogP contribution in [0.25, 0.3) is 0 Å². The molecule has 1 heterocycles. The average Bonchev–Trinajstić information content (AvgIpc) is 3.05. The molecule has 174 valence electrons. The van der Waals surface area contributed by atoms with Gasteiger partial charge in [0.25, 0.3) is 0 Å². The number of carbonyl (C=O) groups is 1. The van der Waals surface area contributed by atoms with E-state index in [4.69, 9.17) is 9.47 Å². The zero-order chi connectivity index (χ0) is 23.3. The highest BCUT2D eigenvalue weighted by Gasteiger charge is 2.43. The Labute approximate surface area is 187 Å². The van der Waals surface area contributed by atoms with Gasteiger partial charge < -0.3 is 25.0 Å². The van der Waals surface area contributed by atoms with Crippen LogP contribution in [-0.4, -0.2) is 62.6 Å². The topological polar surface area (TPSA) is 134 Å². The number of ether oxygens (including phenoxy) is 2. The Morgan fingerprint density at radius 1 is 1.03 bits per heavy atom. The lowest BCUT2D eigenvalue weighted by Gasteiger charge is -2.15. The van der Waals surface area contributed by atoms with Crippen molar-refractivity contribution in [2.24, 2.45) is 0 Å². The molecule has 0 bridgehead atoms. The molecule has 4 N–H and O–H groups in total. The largest absolute Gasteiger partial charge is 0.497 e. The van der Waals surface area contributed by atoms with Crippen LogP contribution in [0.1, 0.15) is 17.5 Å². The second kappa shape index (κ2) is 10.4. The predicted octanol–water partition coefficient (Wildman–Crippen LogP) is 0.478. The van der Waals surface area contributed by atoms with E-state index in [2.05, 4.69) is 10.0 Å². The minimum atomic E-state index is -3.80. The number of hydrogen-bond acceptors (Lipinski definition) is 7. The van der Waals surface area contributed by atoms with Gasteiger partial charge in [0.1, 0.15) is 24.1 Å². The van der Waals surface area contributed by atoms with Crippen LogP contribution in [0.2, 0.25) is 0 Å². The van der Waals surface area contributed by atoms with Crippen LogP contribution in [0.15, 0.2) is 53.4 Å². The van der Waals surface area contributed by atoms with Crippen molar-refractivity contribution < 1.29 is 32.9 Å². The Kier molecular flexibility index (Phi) is 7.86. The predicted molar refractivity (Wildman–Crippen MR) is 116 cm³/mol. The molecule has 0 spiro atoms. The maximum absolute atomic E-state index is 12.4. The number of amides is 1. The fourth-order valence-corrected chi connectivity index (χ4v) is 4.40. The van der Waals surface area contributed by atoms with Crippen molar-refractivity contribution >= 4 is 15.9 Å². The molecule has 9 nitrogen and oxygen atoms in total. The van der Waals surface area contributed by atoms with E-state index in [1.807, 2.05) is 19.1 Å². The fraction of sp³-hybridized carbons (Fsp3) is 0.409. The summed E-state index contributed by atoms with van der Waals surface area (Å²) in [5.74, 6) is 0.346. The molecule has 2 aromatic rings. The molecular formula is C22H28N2O7S. The van der Waals surface area contributed by atoms with Gasteiger partial charge in [0.15, 0.2) is 0 Å². The molecule has 1 aliphatic rings. The summed E-state index contributed by atoms with van der Waals surface area (Å²) >= 11 is 0. The maximum Gasteiger partial charge on any atom is 0.240 e. The van der Waals surface area contributed by atoms with Gasteiger partial charge in [-0.3, -0.25) is 4.79 Å². The third-order valence-electron chi connectivity index (χ3n) is 5.30. The van der Waals surface area contributed by atoms with E-state index in [0.717, 1.165) is 11.1 Å². The van der Waals surface area contributed by atoms with Crippen LogP contribution in [0, 0.1) is 6.92 Å². The van der Waals surface area contributed by atoms with E-state index in [-0.39, 0.29) is 30.3 Å². The molecule has 32 heavy (non-hydrogen) atoms. The van der Waals surface area contributed by atoms with Gasteiger partial charge >= 0.3 is 0 Å². The van der Waals surface area contributed by atoms with Gasteiger partial charge in [0.2, 0.25) is 15.9 Å². The number of methoxy groups -OCH3 is 1. The summed E-state index contributed by atoms with van der Waals surface area (Å²) in [7, 11) is -2.23. The van der Waals surface area contributed by atoms with Crippen LogP contribution >= 0.6 is 0 Å². The van der Waals surface area contributed by atoms with Gasteiger partial charge in [0.05, 0.1) is 24.5 Å². The third-order valence-corrected chi connectivity index (χ3v) is 6.74. The van der Waals surface area contributed by atoms with Crippen LogP contribution in [0.3, 0.4) is 0 Å². The number of hydrogen-bond donors (Lipinski definition) is 4. The Hall–Kier alpha value is -2.50. The first-order chi connectivity index (χ1) is 15.2. The second-order valence-corrected chi connectivity index (χ2v) is 9.46. The lowest BCUT2D eigenvalue weighted by molar-refractivity contribution is -0.125. The summed E-state index contributed by atoms with van der Waals surface area (Å²) in [4.78, 5) is 12.4. The molecule has 1 amide bonds. The summed E-state index contributed by atoms with van der Waals surface area (Å²) < 4.78 is 37.9. The lowest BCUT2D eigenvalue weighted by Crippen LogP contribution is -2.40. The van der Waals surface area contributed by atoms with Crippen molar-refractivity contribution in [2.75, 3.05) is 13.7 Å². The van der Waals surface area contributed by atoms with E-state index >= 15 is 0 Å². The number of aliphatic hydroxyl groups is 2. The van der Waals surface area contributed by atoms with Crippen molar-refractivity contribution in [3.8, 4) is 5.75 Å². The lowest BCUT2D eigenvalue weighted by atomic mass is 10.1. The highest BCUT2D eigenvalue weighted by Crippen LogP contribution is 2.24. The number of carbonyl (C=O) groups excluding carboxylic acids is 1. The summed E-state index contributed by atoms with van der Waals surface area (Å²) in [5.41, 5.74) is 1.80. The number of aryl methyl sites for hydroxylation is 1. The number of sulfonamides is 1. The SMILES string of the molecule is COc1ccc(CNC(=O)C[C@@H]2O[C@@H](CNS(=O)(=O)c3ccc(C)cc3)[C@@H](O)[C@H]2O)cc1. The first-order valence-corrected chi connectivity index (χ1v) is 11.7. The Bertz CT molecular complexity index is 1010. The number of aliphatic hydroxyl groups excluding tert-OH is 2. The highest BCUT2D eigenvalue weighted by molar-refractivity contribution is 7.89. The van der Waals surface area contributed by atoms with E-state index in [9.17, 15) is 23.4 Å². The Balaban J connectivity index is 1.50. The number of rotatable bonds is 9. The Morgan fingerprint density at radius 2 is 1.66 bits per heavy atom. The quantitative estimate of drug-likeness (QED) is 0.424. The van der Waals surface area contributed by atoms with Gasteiger partial charge in [-0.05, 0) is 36.8 Å². The first-order valence-electron chi connectivity index (χ1n) is 10.2. The summed E-state index contributed by atoms with van der Waals surface area (Å²) in [6.45, 7) is 1.90. The maximum atomic E-state index is 12.4.